The molecule has 0 fully saturated rings. The monoisotopic (exact) mass is 333 g/mol. The number of rotatable bonds is 4. The van der Waals surface area contributed by atoms with Crippen molar-refractivity contribution in [3.05, 3.63) is 71.9 Å². The van der Waals surface area contributed by atoms with Crippen LogP contribution in [0.25, 0.3) is 0 Å². The van der Waals surface area contributed by atoms with Gasteiger partial charge in [0, 0.05) is 23.9 Å². The summed E-state index contributed by atoms with van der Waals surface area (Å²) in [7, 11) is 0. The van der Waals surface area contributed by atoms with Gasteiger partial charge in [0.25, 0.3) is 5.91 Å². The number of aryl methyl sites for hydroxylation is 2. The molecule has 3 aromatic rings. The van der Waals surface area contributed by atoms with E-state index in [-0.39, 0.29) is 5.91 Å². The highest BCUT2D eigenvalue weighted by Gasteiger charge is 2.14. The van der Waals surface area contributed by atoms with E-state index in [0.717, 1.165) is 25.1 Å². The molecule has 0 spiro atoms. The first-order valence-electron chi connectivity index (χ1n) is 8.49. The molecule has 0 radical (unpaired) electrons. The van der Waals surface area contributed by atoms with E-state index >= 15 is 0 Å². The Morgan fingerprint density at radius 3 is 2.52 bits per heavy atom. The molecule has 1 aliphatic rings. The third kappa shape index (κ3) is 3.55. The van der Waals surface area contributed by atoms with Gasteiger partial charge >= 0.3 is 0 Å². The first-order chi connectivity index (χ1) is 12.3. The second-order valence-electron chi connectivity index (χ2n) is 6.09. The summed E-state index contributed by atoms with van der Waals surface area (Å²) in [6.45, 7) is 0.927. The molecule has 1 aliphatic heterocycles. The summed E-state index contributed by atoms with van der Waals surface area (Å²) in [6.07, 6.45) is 3.35. The minimum absolute atomic E-state index is 0.165. The molecule has 2 heterocycles. The zero-order chi connectivity index (χ0) is 17.1. The van der Waals surface area contributed by atoms with Crippen LogP contribution < -0.4 is 10.1 Å². The van der Waals surface area contributed by atoms with Crippen molar-refractivity contribution < 1.29 is 9.53 Å². The van der Waals surface area contributed by atoms with Crippen LogP contribution in [0.3, 0.4) is 0 Å². The Kier molecular flexibility index (Phi) is 4.21. The second-order valence-corrected chi connectivity index (χ2v) is 6.09. The maximum atomic E-state index is 12.4. The fourth-order valence-electron chi connectivity index (χ4n) is 2.97. The minimum atomic E-state index is -0.165. The molecule has 0 saturated heterocycles. The normalized spacial score (nSPS) is 13.1. The summed E-state index contributed by atoms with van der Waals surface area (Å²) in [6, 6.07) is 18.6. The molecule has 5 nitrogen and oxygen atoms in total. The van der Waals surface area contributed by atoms with Gasteiger partial charge in [0.1, 0.15) is 11.5 Å². The average molecular weight is 333 g/mol. The van der Waals surface area contributed by atoms with Gasteiger partial charge in [-0.05, 0) is 55.7 Å². The molecule has 1 aromatic heterocycles. The molecule has 0 aliphatic carbocycles. The fraction of sp³-hybridized carbons (Fsp3) is 0.200. The van der Waals surface area contributed by atoms with Gasteiger partial charge in [0.05, 0.1) is 0 Å². The first-order valence-corrected chi connectivity index (χ1v) is 8.49. The molecule has 2 aromatic carbocycles. The Hall–Kier alpha value is -3.08. The third-order valence-corrected chi connectivity index (χ3v) is 4.25. The Bertz CT molecular complexity index is 846. The highest BCUT2D eigenvalue weighted by Crippen LogP contribution is 2.22. The van der Waals surface area contributed by atoms with Crippen molar-refractivity contribution in [1.29, 1.82) is 0 Å². The van der Waals surface area contributed by atoms with Gasteiger partial charge in [0.2, 0.25) is 0 Å². The molecule has 25 heavy (non-hydrogen) atoms. The van der Waals surface area contributed by atoms with E-state index in [4.69, 9.17) is 4.74 Å². The number of aromatic nitrogens is 2. The van der Waals surface area contributed by atoms with E-state index in [9.17, 15) is 4.79 Å². The fourth-order valence-corrected chi connectivity index (χ4v) is 2.97. The van der Waals surface area contributed by atoms with Crippen LogP contribution in [0.4, 0.5) is 5.82 Å². The topological polar surface area (TPSA) is 56.2 Å². The minimum Gasteiger partial charge on any atom is -0.457 e. The summed E-state index contributed by atoms with van der Waals surface area (Å²) < 4.78 is 7.72. The predicted octanol–water partition coefficient (Wildman–Crippen LogP) is 4.26. The lowest BCUT2D eigenvalue weighted by atomic mass is 10.1. The number of fused-ring (bicyclic) bond motifs is 1. The van der Waals surface area contributed by atoms with Crippen molar-refractivity contribution >= 4 is 11.7 Å². The van der Waals surface area contributed by atoms with Crippen LogP contribution in [-0.2, 0) is 13.0 Å². The molecule has 0 saturated carbocycles. The summed E-state index contributed by atoms with van der Waals surface area (Å²) in [5.41, 5.74) is 1.76. The molecule has 126 valence electrons. The zero-order valence-corrected chi connectivity index (χ0v) is 13.8. The van der Waals surface area contributed by atoms with E-state index in [0.29, 0.717) is 17.1 Å². The van der Waals surface area contributed by atoms with Crippen molar-refractivity contribution in [3.8, 4) is 11.5 Å². The number of ether oxygens (including phenoxy) is 1. The van der Waals surface area contributed by atoms with Crippen molar-refractivity contribution in [1.82, 2.24) is 9.78 Å². The number of amides is 1. The molecule has 0 bridgehead atoms. The standard InChI is InChI=1S/C20H19N3O2/c24-20(21-19-14-16-6-4-5-13-23(16)22-19)15-9-11-18(12-10-15)25-17-7-2-1-3-8-17/h1-3,7-12,14H,4-6,13H2,(H,21,22,24). The molecule has 1 amide bonds. The van der Waals surface area contributed by atoms with E-state index < -0.39 is 0 Å². The van der Waals surface area contributed by atoms with Gasteiger partial charge < -0.3 is 10.1 Å². The number of carbonyl (C=O) groups excluding carboxylic acids is 1. The SMILES string of the molecule is O=C(Nc1cc2n(n1)CCCC2)c1ccc(Oc2ccccc2)cc1. The number of nitrogens with zero attached hydrogens (tertiary/aromatic N) is 2. The molecular formula is C20H19N3O2. The quantitative estimate of drug-likeness (QED) is 0.776. The van der Waals surface area contributed by atoms with E-state index in [1.165, 1.54) is 12.1 Å². The van der Waals surface area contributed by atoms with Crippen molar-refractivity contribution in [3.63, 3.8) is 0 Å². The third-order valence-electron chi connectivity index (χ3n) is 4.25. The molecule has 1 N–H and O–H groups in total. The number of anilines is 1. The predicted molar refractivity (Wildman–Crippen MR) is 96.1 cm³/mol. The van der Waals surface area contributed by atoms with Crippen molar-refractivity contribution in [2.24, 2.45) is 0 Å². The van der Waals surface area contributed by atoms with Gasteiger partial charge in [-0.1, -0.05) is 18.2 Å². The second kappa shape index (κ2) is 6.81. The first kappa shape index (κ1) is 15.4. The average Bonchev–Trinajstić information content (AvgIpc) is 3.05. The van der Waals surface area contributed by atoms with E-state index in [1.807, 2.05) is 41.1 Å². The lowest BCUT2D eigenvalue weighted by Gasteiger charge is -2.11. The zero-order valence-electron chi connectivity index (χ0n) is 13.8. The van der Waals surface area contributed by atoms with Crippen molar-refractivity contribution in [2.75, 3.05) is 5.32 Å². The highest BCUT2D eigenvalue weighted by molar-refractivity contribution is 6.03. The van der Waals surface area contributed by atoms with Gasteiger partial charge in [-0.2, -0.15) is 5.10 Å². The molecular weight excluding hydrogens is 314 g/mol. The molecule has 0 atom stereocenters. The largest absolute Gasteiger partial charge is 0.457 e. The summed E-state index contributed by atoms with van der Waals surface area (Å²) in [4.78, 5) is 12.4. The van der Waals surface area contributed by atoms with Gasteiger partial charge in [-0.3, -0.25) is 9.48 Å². The van der Waals surface area contributed by atoms with Gasteiger partial charge in [-0.15, -0.1) is 0 Å². The smallest absolute Gasteiger partial charge is 0.256 e. The van der Waals surface area contributed by atoms with Crippen LogP contribution in [0.1, 0.15) is 28.9 Å². The van der Waals surface area contributed by atoms with E-state index in [2.05, 4.69) is 10.4 Å². The maximum absolute atomic E-state index is 12.4. The van der Waals surface area contributed by atoms with Crippen LogP contribution in [0.2, 0.25) is 0 Å². The number of carbonyl (C=O) groups is 1. The number of nitrogens with one attached hydrogen (secondary N) is 1. The maximum Gasteiger partial charge on any atom is 0.256 e. The molecule has 0 unspecified atom stereocenters. The van der Waals surface area contributed by atoms with Crippen LogP contribution in [-0.4, -0.2) is 15.7 Å². The number of benzene rings is 2. The summed E-state index contributed by atoms with van der Waals surface area (Å²) >= 11 is 0. The highest BCUT2D eigenvalue weighted by atomic mass is 16.5. The number of hydrogen-bond donors (Lipinski definition) is 1. The number of hydrogen-bond acceptors (Lipinski definition) is 3. The lowest BCUT2D eigenvalue weighted by molar-refractivity contribution is 0.102. The Labute approximate surface area is 146 Å². The lowest BCUT2D eigenvalue weighted by Crippen LogP contribution is -2.13. The number of para-hydroxylation sites is 1. The van der Waals surface area contributed by atoms with Crippen molar-refractivity contribution in [2.45, 2.75) is 25.8 Å². The molecule has 4 rings (SSSR count). The summed E-state index contributed by atoms with van der Waals surface area (Å²) in [5, 5.41) is 7.32. The Morgan fingerprint density at radius 2 is 1.76 bits per heavy atom. The molecule has 5 heteroatoms. The van der Waals surface area contributed by atoms with E-state index in [1.54, 1.807) is 24.3 Å². The Balaban J connectivity index is 1.42. The van der Waals surface area contributed by atoms with Crippen LogP contribution in [0.15, 0.2) is 60.7 Å². The Morgan fingerprint density at radius 1 is 1.00 bits per heavy atom. The van der Waals surface area contributed by atoms with Crippen LogP contribution >= 0.6 is 0 Å². The summed E-state index contributed by atoms with van der Waals surface area (Å²) in [5.74, 6) is 1.91. The van der Waals surface area contributed by atoms with Gasteiger partial charge in [-0.25, -0.2) is 0 Å². The van der Waals surface area contributed by atoms with Gasteiger partial charge in [0.15, 0.2) is 5.82 Å². The van der Waals surface area contributed by atoms with Crippen LogP contribution in [0, 0.1) is 0 Å². The van der Waals surface area contributed by atoms with Crippen LogP contribution in [0.5, 0.6) is 11.5 Å².